The van der Waals surface area contributed by atoms with Gasteiger partial charge in [-0.25, -0.2) is 57.3 Å². The van der Waals surface area contributed by atoms with E-state index in [0.29, 0.717) is 0 Å². The average molecular weight is 1710 g/mol. The number of aromatic nitrogens is 8. The predicted octanol–water partition coefficient (Wildman–Crippen LogP) is -3.13. The third kappa shape index (κ3) is 29.5. The first-order valence-corrected chi connectivity index (χ1v) is 42.2. The van der Waals surface area contributed by atoms with Gasteiger partial charge in [-0.3, -0.25) is 65.0 Å². The number of nitrogen functional groups attached to an aromatic ring is 2. The molecule has 612 valence electrons. The number of aliphatic hydroxyl groups is 6. The van der Waals surface area contributed by atoms with Crippen molar-refractivity contribution >= 4 is 138 Å². The summed E-state index contributed by atoms with van der Waals surface area (Å²) in [6.45, 7) is 4.78. The molecule has 4 aromatic heterocycles. The topological polar surface area (TPSA) is 768 Å². The summed E-state index contributed by atoms with van der Waals surface area (Å²) in [5, 5.41) is 70.5. The largest absolute Gasteiger partial charge is 0.481 e. The van der Waals surface area contributed by atoms with Crippen LogP contribution in [0.25, 0.3) is 22.3 Å². The van der Waals surface area contributed by atoms with Crippen molar-refractivity contribution in [1.82, 2.24) is 60.3 Å². The number of fused-ring (bicyclic) bond motifs is 2. The summed E-state index contributed by atoms with van der Waals surface area (Å²) >= 11 is 1.77. The molecule has 4 amide bonds. The summed E-state index contributed by atoms with van der Waals surface area (Å²) in [6.07, 6.45) is -14.8. The SMILES string of the molecule is CC(C)(O)C(=O)SCCNC(=O)CCNC(=O)[C@H](O)C(C)(C)COP(=O)(O)OP(=O)(O)OC[C@H]1O[C@@H](n2cnc3c(N)ncnc32)[C@H](O)[C@@H]1OP(=O)(O)O.C[C@@H](O)CC(=O)SCCNC(=O)CCNC(=O)[C@H](O)C(C)(C)COP(=O)(O)OP(=O)(O)OC[C@H]1O[C@@H](n2cnc3c(N)ncnc32)[C@H](O)[C@@H]1OP(=O)(O)O. The van der Waals surface area contributed by atoms with E-state index in [1.807, 2.05) is 0 Å². The molecule has 0 aromatic carbocycles. The van der Waals surface area contributed by atoms with Gasteiger partial charge in [-0.05, 0) is 20.8 Å². The Morgan fingerprint density at radius 1 is 0.556 bits per heavy atom. The fourth-order valence-electron chi connectivity index (χ4n) is 9.05. The smallest absolute Gasteiger partial charge is 0.393 e. The van der Waals surface area contributed by atoms with E-state index in [1.165, 1.54) is 48.5 Å². The van der Waals surface area contributed by atoms with Gasteiger partial charge in [0.1, 0.15) is 78.1 Å². The molecule has 0 saturated carbocycles. The molecular formula is C50H84N14O36P6S2. The minimum atomic E-state index is -5.58. The first kappa shape index (κ1) is 93.6. The van der Waals surface area contributed by atoms with E-state index in [2.05, 4.69) is 68.8 Å². The molecule has 0 spiro atoms. The molecular weight excluding hydrogens is 1620 g/mol. The first-order chi connectivity index (χ1) is 49.6. The van der Waals surface area contributed by atoms with Gasteiger partial charge in [-0.2, -0.15) is 8.62 Å². The summed E-state index contributed by atoms with van der Waals surface area (Å²) in [4.78, 5) is 174. The Morgan fingerprint density at radius 2 is 0.917 bits per heavy atom. The zero-order valence-electron chi connectivity index (χ0n) is 57.8. The van der Waals surface area contributed by atoms with Gasteiger partial charge in [0, 0.05) is 67.8 Å². The van der Waals surface area contributed by atoms with E-state index in [9.17, 15) is 126 Å². The van der Waals surface area contributed by atoms with Crippen LogP contribution in [0.2, 0.25) is 0 Å². The summed E-state index contributed by atoms with van der Waals surface area (Å²) in [5.41, 5.74) is 6.93. The number of nitrogens with one attached hydrogen (secondary N) is 4. The number of hydrogen-bond donors (Lipinski definition) is 20. The molecule has 2 saturated heterocycles. The van der Waals surface area contributed by atoms with Crippen molar-refractivity contribution in [2.75, 3.05) is 75.6 Å². The number of phosphoric ester groups is 6. The van der Waals surface area contributed by atoms with Crippen molar-refractivity contribution < 1.29 is 171 Å². The molecule has 15 atom stereocenters. The Balaban J connectivity index is 0.000000387. The molecule has 4 aromatic rings. The molecule has 2 aliphatic heterocycles. The van der Waals surface area contributed by atoms with Gasteiger partial charge >= 0.3 is 46.9 Å². The lowest BCUT2D eigenvalue weighted by Crippen LogP contribution is -2.46. The van der Waals surface area contributed by atoms with Crippen molar-refractivity contribution in [3.05, 3.63) is 25.3 Å². The lowest BCUT2D eigenvalue weighted by atomic mass is 9.87. The van der Waals surface area contributed by atoms with E-state index < -0.39 is 186 Å². The number of rotatable bonds is 41. The van der Waals surface area contributed by atoms with Crippen molar-refractivity contribution in [3.8, 4) is 0 Å². The highest BCUT2D eigenvalue weighted by molar-refractivity contribution is 8.14. The van der Waals surface area contributed by atoms with Crippen LogP contribution in [-0.4, -0.2) is 267 Å². The van der Waals surface area contributed by atoms with Crippen LogP contribution in [0.4, 0.5) is 11.6 Å². The third-order valence-electron chi connectivity index (χ3n) is 14.5. The standard InChI is InChI=1S/2C25H42N7O18P3S/c1-24(2,18(35)21(36)28-6-5-14(33)27-7-8-54-23(37)25(3,4)38)10-47-53(44,45)50-52(42,43)46-9-13-17(49-51(39,40)41)16(34)22(48-13)32-12-31-15-19(26)29-11-30-20(15)32;1-13(33)8-16(35)54-7-6-27-15(34)4-5-28-23(38)20(37)25(2,3)10-47-53(44,45)50-52(42,43)46-9-14-19(49-51(39,40)41)18(36)24(48-14)32-12-31-17-21(26)29-11-30-22(17)32/h11-13,16-18,22,34-35,38H,5-10H2,1-4H3,(H,27,33)(H,28,36)(H,42,43)(H,44,45)(H2,26,29,30)(H2,39,40,41);11-14,18-20,24,33,36-37H,4-10H2,1-3H3,(H,27,34)(H,28,38)(H,42,43)(H,44,45)(H2,26,29,30)(H2,39,40,41)/t13-,16-,17-,18+,22-;13-,14-,18-,19-,20+,24-/m11/s1. The number of aliphatic hydroxyl groups excluding tert-OH is 5. The van der Waals surface area contributed by atoms with Crippen LogP contribution in [-0.2, 0) is 101 Å². The highest BCUT2D eigenvalue weighted by Crippen LogP contribution is 2.63. The van der Waals surface area contributed by atoms with Gasteiger partial charge in [-0.15, -0.1) is 0 Å². The number of anilines is 2. The summed E-state index contributed by atoms with van der Waals surface area (Å²) in [6, 6.07) is 0. The average Bonchev–Trinajstić information content (AvgIpc) is 1.62. The van der Waals surface area contributed by atoms with Gasteiger partial charge in [-0.1, -0.05) is 51.2 Å². The van der Waals surface area contributed by atoms with Gasteiger partial charge in [0.15, 0.2) is 40.5 Å². The molecule has 6 heterocycles. The van der Waals surface area contributed by atoms with Crippen molar-refractivity contribution in [2.24, 2.45) is 10.8 Å². The number of nitrogens with two attached hydrogens (primary N) is 2. The molecule has 2 aliphatic rings. The molecule has 22 N–H and O–H groups in total. The first-order valence-electron chi connectivity index (χ1n) is 31.2. The maximum absolute atomic E-state index is 12.6. The number of carbonyl (C=O) groups is 6. The predicted molar refractivity (Wildman–Crippen MR) is 367 cm³/mol. The number of ether oxygens (including phenoxy) is 2. The molecule has 0 radical (unpaired) electrons. The Morgan fingerprint density at radius 3 is 1.27 bits per heavy atom. The Kier molecular flexibility index (Phi) is 34.0. The molecule has 0 aliphatic carbocycles. The number of phosphoric acid groups is 6. The second kappa shape index (κ2) is 39.2. The number of imidazole rings is 2. The summed E-state index contributed by atoms with van der Waals surface area (Å²) in [5.74, 6) is -2.61. The Labute approximate surface area is 619 Å². The molecule has 4 unspecified atom stereocenters. The van der Waals surface area contributed by atoms with Crippen molar-refractivity contribution in [2.45, 2.75) is 141 Å². The number of nitrogens with zero attached hydrogens (tertiary/aromatic N) is 8. The minimum absolute atomic E-state index is 0.0248. The van der Waals surface area contributed by atoms with Crippen LogP contribution in [0.15, 0.2) is 25.3 Å². The maximum atomic E-state index is 12.6. The van der Waals surface area contributed by atoms with Crippen LogP contribution in [0.1, 0.15) is 80.2 Å². The number of carbonyl (C=O) groups excluding carboxylic acids is 6. The number of thioether (sulfide) groups is 2. The quantitative estimate of drug-likeness (QED) is 0.0154. The van der Waals surface area contributed by atoms with E-state index in [-0.39, 0.29) is 96.0 Å². The van der Waals surface area contributed by atoms with E-state index in [4.69, 9.17) is 39.0 Å². The molecule has 58 heteroatoms. The van der Waals surface area contributed by atoms with Crippen molar-refractivity contribution in [1.29, 1.82) is 0 Å². The van der Waals surface area contributed by atoms with Gasteiger partial charge < -0.3 is 112 Å². The number of amides is 4. The maximum Gasteiger partial charge on any atom is 0.481 e. The summed E-state index contributed by atoms with van der Waals surface area (Å²) in [7, 11) is -32.8. The zero-order valence-corrected chi connectivity index (χ0v) is 64.8. The Bertz CT molecular complexity index is 4090. The monoisotopic (exact) mass is 1710 g/mol. The molecule has 2 fully saturated rings. The van der Waals surface area contributed by atoms with Crippen LogP contribution < -0.4 is 32.7 Å². The lowest BCUT2D eigenvalue weighted by Gasteiger charge is -2.30. The zero-order chi connectivity index (χ0) is 81.5. The lowest BCUT2D eigenvalue weighted by molar-refractivity contribution is -0.137. The van der Waals surface area contributed by atoms with E-state index in [0.717, 1.165) is 58.0 Å². The molecule has 6 rings (SSSR count). The fraction of sp³-hybridized carbons (Fsp3) is 0.680. The van der Waals surface area contributed by atoms with Crippen LogP contribution in [0, 0.1) is 10.8 Å². The second-order valence-corrected chi connectivity index (χ2v) is 35.8. The molecule has 108 heavy (non-hydrogen) atoms. The van der Waals surface area contributed by atoms with Crippen LogP contribution >= 0.6 is 70.5 Å². The third-order valence-corrected chi connectivity index (χ3v) is 22.7. The minimum Gasteiger partial charge on any atom is -0.393 e. The van der Waals surface area contributed by atoms with E-state index >= 15 is 0 Å². The normalized spacial score (nSPS) is 22.5. The van der Waals surface area contributed by atoms with Gasteiger partial charge in [0.25, 0.3) is 0 Å². The van der Waals surface area contributed by atoms with Crippen LogP contribution in [0.5, 0.6) is 0 Å². The highest BCUT2D eigenvalue weighted by Gasteiger charge is 2.53. The molecule has 0 bridgehead atoms. The fourth-order valence-corrected chi connectivity index (χ4v) is 16.2. The van der Waals surface area contributed by atoms with E-state index in [1.54, 1.807) is 0 Å². The second-order valence-electron chi connectivity index (χ2n) is 25.1. The van der Waals surface area contributed by atoms with Crippen molar-refractivity contribution in [3.63, 3.8) is 0 Å². The Hall–Kier alpha value is -4.96. The van der Waals surface area contributed by atoms with Gasteiger partial charge in [0.05, 0.1) is 45.2 Å². The van der Waals surface area contributed by atoms with Gasteiger partial charge in [0.2, 0.25) is 28.7 Å². The van der Waals surface area contributed by atoms with Crippen LogP contribution in [0.3, 0.4) is 0 Å². The highest BCUT2D eigenvalue weighted by atomic mass is 32.2. The molecule has 50 nitrogen and oxygen atoms in total. The summed E-state index contributed by atoms with van der Waals surface area (Å²) < 4.78 is 124. The number of hydrogen-bond acceptors (Lipinski definition) is 38.